The van der Waals surface area contributed by atoms with Gasteiger partial charge in [0, 0.05) is 2.85 Å². The van der Waals surface area contributed by atoms with Crippen molar-refractivity contribution in [3.63, 3.8) is 0 Å². The first-order valence-corrected chi connectivity index (χ1v) is 7.50. The second-order valence-corrected chi connectivity index (χ2v) is 4.74. The van der Waals surface area contributed by atoms with Crippen molar-refractivity contribution >= 4 is 5.69 Å². The predicted molar refractivity (Wildman–Crippen MR) is 87.7 cm³/mol. The summed E-state index contributed by atoms with van der Waals surface area (Å²) in [6.07, 6.45) is 11.0. The molecule has 0 spiro atoms. The van der Waals surface area contributed by atoms with Crippen LogP contribution in [-0.4, -0.2) is 11.8 Å². The lowest BCUT2D eigenvalue weighted by atomic mass is 10.1. The summed E-state index contributed by atoms with van der Waals surface area (Å²) in [5.41, 5.74) is 8.13. The van der Waals surface area contributed by atoms with E-state index in [1.54, 1.807) is 12.1 Å². The summed E-state index contributed by atoms with van der Waals surface area (Å²) in [7, 11) is 0. The molecule has 0 aliphatic carbocycles. The van der Waals surface area contributed by atoms with Crippen LogP contribution in [0.25, 0.3) is 0 Å². The van der Waals surface area contributed by atoms with E-state index >= 15 is 0 Å². The molecule has 0 aromatic heterocycles. The van der Waals surface area contributed by atoms with Gasteiger partial charge < -0.3 is 5.73 Å². The van der Waals surface area contributed by atoms with E-state index in [1.165, 1.54) is 51.4 Å². The maximum Gasteiger partial charge on any atom is 0.0602 e. The fraction of sp³-hybridized carbons (Fsp3) is 0.625. The second-order valence-electron chi connectivity index (χ2n) is 4.74. The molecule has 114 valence electrons. The number of hydrogen-bond acceptors (Lipinski definition) is 3. The van der Waals surface area contributed by atoms with E-state index in [4.69, 9.17) is 10.9 Å². The lowest BCUT2D eigenvalue weighted by molar-refractivity contribution is 0.389. The number of benzene rings is 1. The Morgan fingerprint density at radius 2 is 1.47 bits per heavy atom. The van der Waals surface area contributed by atoms with Crippen LogP contribution in [0.1, 0.15) is 61.1 Å². The number of rotatable bonds is 9. The van der Waals surface area contributed by atoms with E-state index in [-0.39, 0.29) is 2.85 Å². The Labute approximate surface area is 121 Å². The topological polar surface area (TPSA) is 58.3 Å². The molecule has 0 saturated heterocycles. The van der Waals surface area contributed by atoms with Crippen molar-refractivity contribution in [3.8, 4) is 0 Å². The average molecular weight is 270 g/mol. The highest BCUT2D eigenvalue weighted by molar-refractivity contribution is 5.39. The highest BCUT2D eigenvalue weighted by Gasteiger charge is 1.89. The van der Waals surface area contributed by atoms with E-state index in [2.05, 4.69) is 6.92 Å². The molecule has 0 amide bonds. The van der Waals surface area contributed by atoms with Gasteiger partial charge in [0.2, 0.25) is 0 Å². The van der Waals surface area contributed by atoms with Gasteiger partial charge >= 0.3 is 0 Å². The summed E-state index contributed by atoms with van der Waals surface area (Å²) < 4.78 is 0. The molecule has 1 aromatic carbocycles. The number of nitrogens with two attached hydrogens (primary N) is 1. The molecule has 1 rings (SSSR count). The molecule has 0 aliphatic heterocycles. The zero-order valence-corrected chi connectivity index (χ0v) is 12.3. The van der Waals surface area contributed by atoms with Crippen molar-refractivity contribution in [3.05, 3.63) is 30.3 Å². The Balaban J connectivity index is -0.000000291. The van der Waals surface area contributed by atoms with Crippen molar-refractivity contribution in [1.29, 1.82) is 0 Å². The second kappa shape index (κ2) is 15.0. The van der Waals surface area contributed by atoms with Gasteiger partial charge in [0.1, 0.15) is 0 Å². The van der Waals surface area contributed by atoms with Crippen LogP contribution in [-0.2, 0) is 0 Å². The third-order valence-corrected chi connectivity index (χ3v) is 2.96. The number of anilines is 1. The van der Waals surface area contributed by atoms with E-state index in [9.17, 15) is 0 Å². The molecular weight excluding hydrogens is 236 g/mol. The quantitative estimate of drug-likeness (QED) is 0.434. The molecule has 0 bridgehead atoms. The number of nitrogens with one attached hydrogen (secondary N) is 1. The first kappa shape index (κ1) is 17.9. The molecule has 0 radical (unpaired) electrons. The Bertz CT molecular complexity index is 266. The predicted octanol–water partition coefficient (Wildman–Crippen LogP) is 5.07. The molecule has 0 heterocycles. The van der Waals surface area contributed by atoms with E-state index in [0.717, 1.165) is 6.54 Å². The third-order valence-electron chi connectivity index (χ3n) is 2.96. The first-order valence-electron chi connectivity index (χ1n) is 7.50. The minimum absolute atomic E-state index is 0. The summed E-state index contributed by atoms with van der Waals surface area (Å²) in [6.45, 7) is 3.13. The minimum atomic E-state index is 0. The molecule has 4 N–H and O–H groups in total. The molecule has 0 atom stereocenters. The lowest BCUT2D eigenvalue weighted by Gasteiger charge is -1.99. The smallest absolute Gasteiger partial charge is 0.0602 e. The molecule has 0 unspecified atom stereocenters. The molecule has 0 fully saturated rings. The fourth-order valence-corrected chi connectivity index (χ4v) is 1.79. The highest BCUT2D eigenvalue weighted by atomic mass is 16.5. The van der Waals surface area contributed by atoms with Crippen molar-refractivity contribution in [1.82, 2.24) is 0 Å². The van der Waals surface area contributed by atoms with Crippen LogP contribution in [0.5, 0.6) is 0 Å². The van der Waals surface area contributed by atoms with Gasteiger partial charge in [0.05, 0.1) is 5.69 Å². The molecule has 1 aromatic rings. The van der Waals surface area contributed by atoms with E-state index < -0.39 is 0 Å². The molecule has 0 saturated carbocycles. The molecular formula is C16H34N2O. The van der Waals surface area contributed by atoms with Gasteiger partial charge in [-0.3, -0.25) is 10.7 Å². The van der Waals surface area contributed by atoms with Crippen LogP contribution in [0.15, 0.2) is 30.3 Å². The molecule has 19 heavy (non-hydrogen) atoms. The average Bonchev–Trinajstić information content (AvgIpc) is 2.48. The van der Waals surface area contributed by atoms with Crippen LogP contribution in [0, 0.1) is 0 Å². The molecule has 3 heteroatoms. The number of para-hydroxylation sites is 1. The van der Waals surface area contributed by atoms with E-state index in [0.29, 0.717) is 5.69 Å². The van der Waals surface area contributed by atoms with Gasteiger partial charge in [0.15, 0.2) is 0 Å². The summed E-state index contributed by atoms with van der Waals surface area (Å²) >= 11 is 0. The summed E-state index contributed by atoms with van der Waals surface area (Å²) in [4.78, 5) is 0. The van der Waals surface area contributed by atoms with Gasteiger partial charge in [-0.25, -0.2) is 0 Å². The highest BCUT2D eigenvalue weighted by Crippen LogP contribution is 2.07. The van der Waals surface area contributed by atoms with Crippen molar-refractivity contribution in [2.24, 2.45) is 5.73 Å². The largest absolute Gasteiger partial charge is 0.330 e. The van der Waals surface area contributed by atoms with Crippen LogP contribution >= 0.6 is 0 Å². The zero-order valence-electron chi connectivity index (χ0n) is 12.3. The normalized spacial score (nSPS) is 9.63. The molecule has 0 aliphatic rings. The fourth-order valence-electron chi connectivity index (χ4n) is 1.79. The maximum absolute atomic E-state index is 8.29. The van der Waals surface area contributed by atoms with Crippen LogP contribution in [0.4, 0.5) is 5.69 Å². The summed E-state index contributed by atoms with van der Waals surface area (Å²) in [5, 5.41) is 8.29. The Kier molecular flexibility index (Phi) is 14.2. The first-order chi connectivity index (χ1) is 9.35. The van der Waals surface area contributed by atoms with Crippen LogP contribution in [0.3, 0.4) is 0 Å². The third kappa shape index (κ3) is 13.2. The van der Waals surface area contributed by atoms with Gasteiger partial charge in [-0.1, -0.05) is 70.1 Å². The van der Waals surface area contributed by atoms with Crippen molar-refractivity contribution in [2.75, 3.05) is 12.0 Å². The van der Waals surface area contributed by atoms with Gasteiger partial charge in [-0.05, 0) is 25.1 Å². The van der Waals surface area contributed by atoms with Crippen LogP contribution in [0.2, 0.25) is 0 Å². The van der Waals surface area contributed by atoms with Gasteiger partial charge in [0.25, 0.3) is 0 Å². The maximum atomic E-state index is 8.29. The standard InChI is InChI=1S/C10H23N.C6H7NO.2H2/c1-2-3-4-5-6-7-8-9-10-11;8-7-6-4-2-1-3-5-6;;/h2-11H2,1H3;1-5,7-8H;2*1H. The number of unbranched alkanes of at least 4 members (excludes halogenated alkanes) is 7. The summed E-state index contributed by atoms with van der Waals surface area (Å²) in [5.74, 6) is 0. The lowest BCUT2D eigenvalue weighted by Crippen LogP contribution is -1.97. The van der Waals surface area contributed by atoms with Crippen LogP contribution < -0.4 is 11.2 Å². The Morgan fingerprint density at radius 1 is 0.947 bits per heavy atom. The monoisotopic (exact) mass is 270 g/mol. The zero-order chi connectivity index (χ0) is 14.2. The number of hydrogen-bond donors (Lipinski definition) is 3. The Hall–Kier alpha value is -1.06. The van der Waals surface area contributed by atoms with Crippen molar-refractivity contribution < 1.29 is 8.06 Å². The SMILES string of the molecule is CCCCCCCCCCN.ONc1ccccc1.[HH].[HH]. The minimum Gasteiger partial charge on any atom is -0.330 e. The van der Waals surface area contributed by atoms with Gasteiger partial charge in [-0.2, -0.15) is 0 Å². The van der Waals surface area contributed by atoms with Crippen molar-refractivity contribution in [2.45, 2.75) is 58.3 Å². The Morgan fingerprint density at radius 3 is 1.89 bits per heavy atom. The summed E-state index contributed by atoms with van der Waals surface area (Å²) in [6, 6.07) is 9.14. The molecule has 3 nitrogen and oxygen atoms in total. The van der Waals surface area contributed by atoms with Gasteiger partial charge in [-0.15, -0.1) is 0 Å². The van der Waals surface area contributed by atoms with E-state index in [1.807, 2.05) is 23.7 Å².